The van der Waals surface area contributed by atoms with Crippen molar-refractivity contribution in [3.8, 4) is 0 Å². The highest BCUT2D eigenvalue weighted by molar-refractivity contribution is 8.18. The van der Waals surface area contributed by atoms with Crippen LogP contribution in [0.4, 0.5) is 29.3 Å². The highest BCUT2D eigenvalue weighted by Gasteiger charge is 2.48. The van der Waals surface area contributed by atoms with Crippen molar-refractivity contribution < 1.29 is 44.5 Å². The summed E-state index contributed by atoms with van der Waals surface area (Å²) in [7, 11) is -8.15. The van der Waals surface area contributed by atoms with Gasteiger partial charge in [0.2, 0.25) is 0 Å². The van der Waals surface area contributed by atoms with Crippen LogP contribution in [-0.4, -0.2) is 55.4 Å². The number of anilines is 1. The second-order valence-corrected chi connectivity index (χ2v) is 15.0. The van der Waals surface area contributed by atoms with E-state index in [-0.39, 0.29) is 23.2 Å². The maximum absolute atomic E-state index is 13.3. The van der Waals surface area contributed by atoms with Gasteiger partial charge in [0.15, 0.2) is 9.84 Å². The number of carbonyl (C=O) groups excluding carboxylic acids is 2. The smallest absolute Gasteiger partial charge is 0.280 e. The first-order valence-corrected chi connectivity index (χ1v) is 16.6. The Kier molecular flexibility index (Phi) is 8.50. The average molecular weight is 648 g/mol. The Labute approximate surface area is 243 Å². The van der Waals surface area contributed by atoms with Crippen molar-refractivity contribution in [2.24, 2.45) is 0 Å². The minimum absolute atomic E-state index is 0.0401. The third kappa shape index (κ3) is 6.47. The summed E-state index contributed by atoms with van der Waals surface area (Å²) < 4.78 is 91.4. The van der Waals surface area contributed by atoms with Crippen LogP contribution in [0.25, 0.3) is 6.08 Å². The highest BCUT2D eigenvalue weighted by Crippen LogP contribution is 2.40. The van der Waals surface area contributed by atoms with Crippen LogP contribution < -0.4 is 4.72 Å². The van der Waals surface area contributed by atoms with Crippen LogP contribution >= 0.6 is 11.8 Å². The van der Waals surface area contributed by atoms with E-state index in [0.29, 0.717) is 55.1 Å². The van der Waals surface area contributed by atoms with Gasteiger partial charge in [-0.15, -0.1) is 0 Å². The number of imide groups is 1. The van der Waals surface area contributed by atoms with Crippen molar-refractivity contribution in [1.29, 1.82) is 0 Å². The van der Waals surface area contributed by atoms with Crippen LogP contribution in [0.3, 0.4) is 0 Å². The SMILES string of the molecule is CS(=O)(=O)C1(CN2C(=O)S/C(=C\c3ccc(NS(=O)(=O)c4ccc([N+](=O)[O-])c(C(F)(F)F)c4)cc3)C2=O)CCCCC1. The van der Waals surface area contributed by atoms with Crippen LogP contribution in [0.2, 0.25) is 0 Å². The van der Waals surface area contributed by atoms with Gasteiger partial charge >= 0.3 is 6.18 Å². The van der Waals surface area contributed by atoms with E-state index in [1.807, 2.05) is 0 Å². The van der Waals surface area contributed by atoms with Crippen molar-refractivity contribution in [3.63, 3.8) is 0 Å². The van der Waals surface area contributed by atoms with Crippen molar-refractivity contribution in [2.75, 3.05) is 17.5 Å². The molecule has 1 aliphatic heterocycles. The topological polar surface area (TPSA) is 161 Å². The first-order valence-electron chi connectivity index (χ1n) is 12.4. The Balaban J connectivity index is 1.52. The summed E-state index contributed by atoms with van der Waals surface area (Å²) >= 11 is 0.645. The number of nitro groups is 1. The van der Waals surface area contributed by atoms with E-state index in [2.05, 4.69) is 4.72 Å². The van der Waals surface area contributed by atoms with Gasteiger partial charge in [-0.3, -0.25) is 29.3 Å². The number of amides is 2. The quantitative estimate of drug-likeness (QED) is 0.231. The third-order valence-electron chi connectivity index (χ3n) is 7.11. The number of nitrogens with one attached hydrogen (secondary N) is 1. The fourth-order valence-corrected chi connectivity index (χ4v) is 8.16. The number of carbonyl (C=O) groups is 2. The zero-order chi connectivity index (χ0) is 31.1. The Morgan fingerprint density at radius 1 is 1.05 bits per heavy atom. The summed E-state index contributed by atoms with van der Waals surface area (Å²) in [5, 5.41) is 10.3. The van der Waals surface area contributed by atoms with Gasteiger partial charge < -0.3 is 0 Å². The minimum Gasteiger partial charge on any atom is -0.280 e. The second-order valence-electron chi connectivity index (χ2n) is 9.95. The zero-order valence-electron chi connectivity index (χ0n) is 21.9. The summed E-state index contributed by atoms with van der Waals surface area (Å²) in [6, 6.07) is 6.63. The summed E-state index contributed by atoms with van der Waals surface area (Å²) in [6.45, 7) is -0.243. The number of alkyl halides is 3. The number of thioether (sulfide) groups is 1. The number of sulfonamides is 1. The van der Waals surface area contributed by atoms with E-state index in [1.54, 1.807) is 0 Å². The van der Waals surface area contributed by atoms with Gasteiger partial charge in [-0.25, -0.2) is 16.8 Å². The first-order chi connectivity index (χ1) is 19.4. The molecule has 11 nitrogen and oxygen atoms in total. The van der Waals surface area contributed by atoms with E-state index in [9.17, 15) is 49.7 Å². The third-order valence-corrected chi connectivity index (χ3v) is 11.5. The summed E-state index contributed by atoms with van der Waals surface area (Å²) in [6.07, 6.45) is 0.225. The van der Waals surface area contributed by atoms with Gasteiger partial charge in [0.25, 0.3) is 26.9 Å². The molecule has 4 rings (SSSR count). The van der Waals surface area contributed by atoms with Gasteiger partial charge in [0.1, 0.15) is 5.56 Å². The van der Waals surface area contributed by atoms with Crippen molar-refractivity contribution in [2.45, 2.75) is 47.9 Å². The monoisotopic (exact) mass is 647 g/mol. The largest absolute Gasteiger partial charge is 0.423 e. The molecule has 0 aromatic heterocycles. The Morgan fingerprint density at radius 3 is 2.21 bits per heavy atom. The molecule has 0 spiro atoms. The lowest BCUT2D eigenvalue weighted by Gasteiger charge is -2.37. The van der Waals surface area contributed by atoms with E-state index in [1.165, 1.54) is 30.3 Å². The molecule has 1 saturated carbocycles. The maximum Gasteiger partial charge on any atom is 0.423 e. The van der Waals surface area contributed by atoms with Crippen LogP contribution in [0.5, 0.6) is 0 Å². The fraction of sp³-hybridized carbons (Fsp3) is 0.360. The minimum atomic E-state index is -5.17. The molecule has 2 amide bonds. The number of sulfone groups is 1. The summed E-state index contributed by atoms with van der Waals surface area (Å²) in [5.41, 5.74) is -2.68. The van der Waals surface area contributed by atoms with Crippen LogP contribution in [0.1, 0.15) is 43.2 Å². The van der Waals surface area contributed by atoms with Crippen LogP contribution in [-0.2, 0) is 30.8 Å². The molecule has 1 saturated heterocycles. The van der Waals surface area contributed by atoms with E-state index in [0.717, 1.165) is 17.6 Å². The molecule has 2 aromatic rings. The molecule has 1 aliphatic carbocycles. The van der Waals surface area contributed by atoms with Crippen LogP contribution in [0.15, 0.2) is 52.3 Å². The van der Waals surface area contributed by atoms with Crippen LogP contribution in [0, 0.1) is 10.1 Å². The highest BCUT2D eigenvalue weighted by atomic mass is 32.2. The van der Waals surface area contributed by atoms with Crippen molar-refractivity contribution >= 4 is 60.2 Å². The van der Waals surface area contributed by atoms with Gasteiger partial charge in [-0.2, -0.15) is 13.2 Å². The number of rotatable bonds is 8. The predicted octanol–water partition coefficient (Wildman–Crippen LogP) is 5.20. The van der Waals surface area contributed by atoms with Crippen molar-refractivity contribution in [1.82, 2.24) is 4.90 Å². The number of benzene rings is 2. The molecule has 0 bridgehead atoms. The van der Waals surface area contributed by atoms with E-state index >= 15 is 0 Å². The average Bonchev–Trinajstić information content (AvgIpc) is 3.15. The summed E-state index contributed by atoms with van der Waals surface area (Å²) in [4.78, 5) is 35.5. The van der Waals surface area contributed by atoms with Gasteiger partial charge in [-0.1, -0.05) is 31.4 Å². The fourth-order valence-electron chi connectivity index (χ4n) is 4.85. The molecule has 226 valence electrons. The standard InChI is InChI=1S/C25H24F3N3O8S3/c1-41(36,37)24(11-3-2-4-12-24)15-30-22(32)21(40-23(30)33)13-16-5-7-17(8-6-16)29-42(38,39)18-9-10-20(31(34)35)19(14-18)25(26,27)28/h5-10,13-14,29H,2-4,11-12,15H2,1H3/b21-13-. The van der Waals surface area contributed by atoms with Gasteiger partial charge in [0.05, 0.1) is 19.5 Å². The molecular weight excluding hydrogens is 623 g/mol. The van der Waals surface area contributed by atoms with Gasteiger partial charge in [0, 0.05) is 24.6 Å². The van der Waals surface area contributed by atoms with E-state index < -0.39 is 63.0 Å². The molecular formula is C25H24F3N3O8S3. The Hall–Kier alpha value is -3.44. The molecule has 1 N–H and O–H groups in total. The summed E-state index contributed by atoms with van der Waals surface area (Å²) in [5.74, 6) is -0.651. The Morgan fingerprint density at radius 2 is 1.67 bits per heavy atom. The molecule has 2 aromatic carbocycles. The lowest BCUT2D eigenvalue weighted by atomic mass is 9.88. The van der Waals surface area contributed by atoms with Gasteiger partial charge in [-0.05, 0) is 60.5 Å². The zero-order valence-corrected chi connectivity index (χ0v) is 24.3. The molecule has 2 aliphatic rings. The molecule has 17 heteroatoms. The molecule has 0 unspecified atom stereocenters. The lowest BCUT2D eigenvalue weighted by Crippen LogP contribution is -2.50. The molecule has 0 atom stereocenters. The molecule has 0 radical (unpaired) electrons. The number of hydrogen-bond acceptors (Lipinski definition) is 9. The lowest BCUT2D eigenvalue weighted by molar-refractivity contribution is -0.388. The Bertz CT molecular complexity index is 1680. The molecule has 42 heavy (non-hydrogen) atoms. The number of nitro benzene ring substituents is 1. The first kappa shape index (κ1) is 31.5. The maximum atomic E-state index is 13.3. The second kappa shape index (κ2) is 11.3. The molecule has 1 heterocycles. The van der Waals surface area contributed by atoms with E-state index in [4.69, 9.17) is 0 Å². The molecule has 2 fully saturated rings. The number of nitrogens with zero attached hydrogens (tertiary/aromatic N) is 2. The predicted molar refractivity (Wildman–Crippen MR) is 149 cm³/mol. The normalized spacial score (nSPS) is 18.9. The number of halogens is 3. The van der Waals surface area contributed by atoms with Crippen molar-refractivity contribution in [3.05, 3.63) is 68.6 Å². The number of hydrogen-bond donors (Lipinski definition) is 1.